The zero-order valence-corrected chi connectivity index (χ0v) is 23.3. The average Bonchev–Trinajstić information content (AvgIpc) is 3.53. The Bertz CT molecular complexity index is 1690. The predicted molar refractivity (Wildman–Crippen MR) is 155 cm³/mol. The van der Waals surface area contributed by atoms with E-state index in [1.165, 1.54) is 0 Å². The molecule has 8 nitrogen and oxygen atoms in total. The van der Waals surface area contributed by atoms with Crippen LogP contribution in [-0.4, -0.2) is 49.0 Å². The van der Waals surface area contributed by atoms with Gasteiger partial charge in [0.15, 0.2) is 12.3 Å². The lowest BCUT2D eigenvalue weighted by molar-refractivity contribution is -0.0916. The second-order valence-electron chi connectivity index (χ2n) is 9.82. The van der Waals surface area contributed by atoms with Gasteiger partial charge in [-0.05, 0) is 53.9 Å². The van der Waals surface area contributed by atoms with Crippen molar-refractivity contribution in [3.63, 3.8) is 0 Å². The van der Waals surface area contributed by atoms with Gasteiger partial charge in [0.2, 0.25) is 0 Å². The lowest BCUT2D eigenvalue weighted by atomic mass is 9.98. The van der Waals surface area contributed by atoms with E-state index in [1.54, 1.807) is 60.2 Å². The highest BCUT2D eigenvalue weighted by Gasteiger charge is 2.49. The molecule has 0 bridgehead atoms. The summed E-state index contributed by atoms with van der Waals surface area (Å²) in [6, 6.07) is 25.3. The van der Waals surface area contributed by atoms with E-state index >= 15 is 0 Å². The Kier molecular flexibility index (Phi) is 7.50. The Morgan fingerprint density at radius 3 is 2.29 bits per heavy atom. The Balaban J connectivity index is 1.30. The molecule has 0 radical (unpaired) electrons. The van der Waals surface area contributed by atoms with Crippen LogP contribution in [0.1, 0.15) is 34.1 Å². The van der Waals surface area contributed by atoms with Gasteiger partial charge in [-0.25, -0.2) is 14.8 Å². The molecule has 10 heteroatoms. The number of carbonyl (C=O) groups excluding carboxylic acids is 1. The number of aliphatic hydroxyl groups is 2. The number of halogens is 2. The molecule has 1 unspecified atom stereocenters. The first-order chi connectivity index (χ1) is 19.8. The number of nitrogens with zero attached hydrogens (tertiary/aromatic N) is 3. The van der Waals surface area contributed by atoms with Crippen molar-refractivity contribution in [1.82, 2.24) is 14.5 Å². The maximum atomic E-state index is 13.4. The standard InChI is InChI=1S/C31H25Cl2N3O5/c1-17-34-28(33)23-15-16-36(29(23)35-17)30-25(38)24(37)27(40-30)26(20-11-13-22(32)14-12-20)41-31(39)21-9-7-19(8-10-21)18-5-3-2-4-6-18/h2-16,24-27,30,37-38H,1H3/t24-,25+,26?,27-,30+/m0/s1. The van der Waals surface area contributed by atoms with Gasteiger partial charge in [-0.3, -0.25) is 0 Å². The van der Waals surface area contributed by atoms with E-state index in [2.05, 4.69) is 9.97 Å². The molecule has 3 aromatic carbocycles. The molecule has 0 amide bonds. The first-order valence-electron chi connectivity index (χ1n) is 12.9. The number of rotatable bonds is 6. The number of aryl methyl sites for hydroxylation is 1. The molecule has 2 aromatic heterocycles. The average molecular weight is 590 g/mol. The molecule has 208 valence electrons. The monoisotopic (exact) mass is 589 g/mol. The minimum atomic E-state index is -1.40. The number of ether oxygens (including phenoxy) is 2. The van der Waals surface area contributed by atoms with Crippen molar-refractivity contribution in [2.24, 2.45) is 0 Å². The summed E-state index contributed by atoms with van der Waals surface area (Å²) in [6.07, 6.45) is -4.31. The highest BCUT2D eigenvalue weighted by Crippen LogP contribution is 2.40. The predicted octanol–water partition coefficient (Wildman–Crippen LogP) is 5.93. The summed E-state index contributed by atoms with van der Waals surface area (Å²) in [5.74, 6) is -0.168. The molecular weight excluding hydrogens is 565 g/mol. The molecule has 1 fully saturated rings. The summed E-state index contributed by atoms with van der Waals surface area (Å²) in [6.45, 7) is 1.70. The number of aliphatic hydroxyl groups excluding tert-OH is 2. The van der Waals surface area contributed by atoms with Crippen molar-refractivity contribution in [2.75, 3.05) is 0 Å². The van der Waals surface area contributed by atoms with E-state index in [0.717, 1.165) is 11.1 Å². The van der Waals surface area contributed by atoms with E-state index in [-0.39, 0.29) is 5.15 Å². The van der Waals surface area contributed by atoms with Gasteiger partial charge in [0.1, 0.15) is 34.9 Å². The summed E-state index contributed by atoms with van der Waals surface area (Å²) in [7, 11) is 0. The van der Waals surface area contributed by atoms with E-state index in [0.29, 0.717) is 33.0 Å². The van der Waals surface area contributed by atoms with Gasteiger partial charge in [0, 0.05) is 11.2 Å². The normalized spacial score (nSPS) is 21.2. The minimum absolute atomic E-state index is 0.266. The molecule has 41 heavy (non-hydrogen) atoms. The van der Waals surface area contributed by atoms with Crippen molar-refractivity contribution < 1.29 is 24.5 Å². The number of hydrogen-bond acceptors (Lipinski definition) is 7. The molecule has 1 saturated heterocycles. The summed E-state index contributed by atoms with van der Waals surface area (Å²) in [5.41, 5.74) is 3.28. The van der Waals surface area contributed by atoms with Crippen LogP contribution in [0.4, 0.5) is 0 Å². The number of carbonyl (C=O) groups is 1. The van der Waals surface area contributed by atoms with E-state index in [4.69, 9.17) is 32.7 Å². The van der Waals surface area contributed by atoms with Gasteiger partial charge >= 0.3 is 5.97 Å². The Morgan fingerprint density at radius 1 is 0.902 bits per heavy atom. The molecule has 0 saturated carbocycles. The summed E-state index contributed by atoms with van der Waals surface area (Å²) < 4.78 is 13.8. The van der Waals surface area contributed by atoms with Crippen molar-refractivity contribution in [3.8, 4) is 11.1 Å². The molecular formula is C31H25Cl2N3O5. The molecule has 1 aliphatic heterocycles. The van der Waals surface area contributed by atoms with Gasteiger partial charge < -0.3 is 24.3 Å². The Labute approximate surface area is 245 Å². The minimum Gasteiger partial charge on any atom is -0.451 e. The molecule has 6 rings (SSSR count). The molecule has 5 atom stereocenters. The van der Waals surface area contributed by atoms with Crippen LogP contribution in [0.5, 0.6) is 0 Å². The third kappa shape index (κ3) is 5.32. The maximum Gasteiger partial charge on any atom is 0.338 e. The summed E-state index contributed by atoms with van der Waals surface area (Å²) in [5, 5.41) is 23.6. The first-order valence-corrected chi connectivity index (χ1v) is 13.7. The van der Waals surface area contributed by atoms with Crippen LogP contribution in [0.3, 0.4) is 0 Å². The largest absolute Gasteiger partial charge is 0.451 e. The summed E-state index contributed by atoms with van der Waals surface area (Å²) >= 11 is 12.4. The highest BCUT2D eigenvalue weighted by molar-refractivity contribution is 6.34. The van der Waals surface area contributed by atoms with Crippen LogP contribution in [0, 0.1) is 6.92 Å². The zero-order chi connectivity index (χ0) is 28.7. The molecule has 0 spiro atoms. The Morgan fingerprint density at radius 2 is 1.59 bits per heavy atom. The summed E-state index contributed by atoms with van der Waals surface area (Å²) in [4.78, 5) is 22.0. The van der Waals surface area contributed by atoms with Crippen LogP contribution in [0.25, 0.3) is 22.2 Å². The number of benzene rings is 3. The quantitative estimate of drug-likeness (QED) is 0.187. The van der Waals surface area contributed by atoms with E-state index in [1.807, 2.05) is 42.5 Å². The van der Waals surface area contributed by atoms with Gasteiger partial charge in [-0.2, -0.15) is 0 Å². The molecule has 0 aliphatic carbocycles. The SMILES string of the molecule is Cc1nc(Cl)c2ccn([C@@H]3O[C@H](C(OC(=O)c4ccc(-c5ccccc5)cc4)c4ccc(Cl)cc4)[C@@H](O)[C@H]3O)c2n1. The van der Waals surface area contributed by atoms with Crippen LogP contribution >= 0.6 is 23.2 Å². The molecule has 5 aromatic rings. The number of hydrogen-bond donors (Lipinski definition) is 2. The number of esters is 1. The fourth-order valence-corrected chi connectivity index (χ4v) is 5.46. The van der Waals surface area contributed by atoms with Crippen molar-refractivity contribution >= 4 is 40.2 Å². The van der Waals surface area contributed by atoms with Crippen molar-refractivity contribution in [1.29, 1.82) is 0 Å². The second kappa shape index (κ2) is 11.2. The van der Waals surface area contributed by atoms with E-state index < -0.39 is 36.6 Å². The molecule has 2 N–H and O–H groups in total. The number of aromatic nitrogens is 3. The number of fused-ring (bicyclic) bond motifs is 1. The smallest absolute Gasteiger partial charge is 0.338 e. The fraction of sp³-hybridized carbons (Fsp3) is 0.194. The van der Waals surface area contributed by atoms with Gasteiger partial charge in [-0.1, -0.05) is 77.8 Å². The van der Waals surface area contributed by atoms with E-state index in [9.17, 15) is 15.0 Å². The highest BCUT2D eigenvalue weighted by atomic mass is 35.5. The van der Waals surface area contributed by atoms with Crippen LogP contribution < -0.4 is 0 Å². The van der Waals surface area contributed by atoms with Gasteiger partial charge in [-0.15, -0.1) is 0 Å². The third-order valence-corrected chi connectivity index (χ3v) is 7.69. The molecule has 3 heterocycles. The topological polar surface area (TPSA) is 107 Å². The van der Waals surface area contributed by atoms with Crippen LogP contribution in [0.2, 0.25) is 10.2 Å². The van der Waals surface area contributed by atoms with Crippen LogP contribution in [-0.2, 0) is 9.47 Å². The van der Waals surface area contributed by atoms with Crippen molar-refractivity contribution in [3.05, 3.63) is 118 Å². The van der Waals surface area contributed by atoms with Gasteiger partial charge in [0.05, 0.1) is 10.9 Å². The van der Waals surface area contributed by atoms with Crippen molar-refractivity contribution in [2.45, 2.75) is 37.6 Å². The maximum absolute atomic E-state index is 13.4. The zero-order valence-electron chi connectivity index (χ0n) is 21.8. The fourth-order valence-electron chi connectivity index (χ4n) is 5.06. The lowest BCUT2D eigenvalue weighted by Gasteiger charge is -2.26. The third-order valence-electron chi connectivity index (χ3n) is 7.15. The van der Waals surface area contributed by atoms with Crippen LogP contribution in [0.15, 0.2) is 91.1 Å². The Hall–Kier alpha value is -3.79. The lowest BCUT2D eigenvalue weighted by Crippen LogP contribution is -2.36. The first kappa shape index (κ1) is 27.4. The van der Waals surface area contributed by atoms with Gasteiger partial charge in [0.25, 0.3) is 0 Å². The molecule has 1 aliphatic rings. The second-order valence-corrected chi connectivity index (χ2v) is 10.6.